The Kier molecular flexibility index (Phi) is 6.86. The number of benzene rings is 2. The highest BCUT2D eigenvalue weighted by atomic mass is 16.5. The van der Waals surface area contributed by atoms with E-state index in [0.29, 0.717) is 11.6 Å². The summed E-state index contributed by atoms with van der Waals surface area (Å²) >= 11 is 0. The van der Waals surface area contributed by atoms with Crippen molar-refractivity contribution < 1.29 is 14.8 Å². The number of hydrogen-bond donors (Lipinski definition) is 5. The van der Waals surface area contributed by atoms with Crippen LogP contribution in [0.15, 0.2) is 60.8 Å². The Morgan fingerprint density at radius 2 is 1.63 bits per heavy atom. The number of carbonyl (C=O) groups excluding carboxylic acids is 2. The Balaban J connectivity index is 1.59. The van der Waals surface area contributed by atoms with Crippen molar-refractivity contribution in [2.75, 3.05) is 0 Å². The van der Waals surface area contributed by atoms with Crippen molar-refractivity contribution in [2.45, 2.75) is 31.5 Å². The van der Waals surface area contributed by atoms with Crippen LogP contribution < -0.4 is 21.8 Å². The van der Waals surface area contributed by atoms with E-state index in [1.54, 1.807) is 24.3 Å². The molecule has 1 aliphatic carbocycles. The van der Waals surface area contributed by atoms with Crippen LogP contribution in [0.3, 0.4) is 0 Å². The Labute approximate surface area is 175 Å². The molecule has 2 aromatic carbocycles. The van der Waals surface area contributed by atoms with Crippen LogP contribution in [0.5, 0.6) is 0 Å². The third kappa shape index (κ3) is 5.95. The summed E-state index contributed by atoms with van der Waals surface area (Å²) in [7, 11) is 0. The fraction of sp³-hybridized carbons (Fsp3) is 0.217. The first-order chi connectivity index (χ1) is 14.5. The quantitative estimate of drug-likeness (QED) is 0.272. The number of nitrogens with one attached hydrogen (secondary N) is 3. The lowest BCUT2D eigenvalue weighted by Crippen LogP contribution is -2.48. The van der Waals surface area contributed by atoms with E-state index in [1.807, 2.05) is 12.1 Å². The molecule has 0 spiro atoms. The number of hydrogen-bond acceptors (Lipinski definition) is 5. The molecule has 0 unspecified atom stereocenters. The van der Waals surface area contributed by atoms with Crippen molar-refractivity contribution in [3.8, 4) is 11.8 Å². The predicted octanol–water partition coefficient (Wildman–Crippen LogP) is 1.41. The molecule has 1 fully saturated rings. The average Bonchev–Trinajstić information content (AvgIpc) is 3.59. The molecule has 2 amide bonds. The summed E-state index contributed by atoms with van der Waals surface area (Å²) in [5.41, 5.74) is 10.1. The maximum absolute atomic E-state index is 12.3. The molecule has 3 rings (SSSR count). The lowest BCUT2D eigenvalue weighted by molar-refractivity contribution is -0.130. The van der Waals surface area contributed by atoms with Gasteiger partial charge in [-0.25, -0.2) is 5.48 Å². The third-order valence-electron chi connectivity index (χ3n) is 4.64. The van der Waals surface area contributed by atoms with Crippen LogP contribution >= 0.6 is 0 Å². The van der Waals surface area contributed by atoms with Gasteiger partial charge in [-0.15, -0.1) is 0 Å². The summed E-state index contributed by atoms with van der Waals surface area (Å²) < 4.78 is 0. The SMILES string of the molecule is C=C(N)[C@H](NC(=O)c1ccc(C#Cc2ccc(CNC3CC3)cc2)cc1)C(=O)NO. The first-order valence-corrected chi connectivity index (χ1v) is 9.60. The van der Waals surface area contributed by atoms with E-state index in [1.165, 1.54) is 23.9 Å². The highest BCUT2D eigenvalue weighted by Gasteiger charge is 2.22. The van der Waals surface area contributed by atoms with Gasteiger partial charge in [-0.2, -0.15) is 0 Å². The normalized spacial score (nSPS) is 13.5. The van der Waals surface area contributed by atoms with E-state index in [0.717, 1.165) is 17.7 Å². The van der Waals surface area contributed by atoms with Crippen LogP contribution in [-0.2, 0) is 11.3 Å². The number of amides is 2. The summed E-state index contributed by atoms with van der Waals surface area (Å²) in [6, 6.07) is 14.2. The lowest BCUT2D eigenvalue weighted by Gasteiger charge is -2.16. The second-order valence-electron chi connectivity index (χ2n) is 7.14. The van der Waals surface area contributed by atoms with Crippen LogP contribution in [0.2, 0.25) is 0 Å². The second kappa shape index (κ2) is 9.74. The molecule has 0 radical (unpaired) electrons. The fourth-order valence-electron chi connectivity index (χ4n) is 2.71. The minimum Gasteiger partial charge on any atom is -0.400 e. The van der Waals surface area contributed by atoms with E-state index in [4.69, 9.17) is 10.9 Å². The van der Waals surface area contributed by atoms with Crippen molar-refractivity contribution in [1.82, 2.24) is 16.1 Å². The van der Waals surface area contributed by atoms with Gasteiger partial charge in [0.2, 0.25) is 0 Å². The van der Waals surface area contributed by atoms with Crippen molar-refractivity contribution in [3.05, 3.63) is 83.1 Å². The van der Waals surface area contributed by atoms with Crippen LogP contribution in [0.25, 0.3) is 0 Å². The van der Waals surface area contributed by atoms with Gasteiger partial charge in [0.05, 0.1) is 0 Å². The average molecular weight is 404 g/mol. The van der Waals surface area contributed by atoms with Crippen LogP contribution in [0, 0.1) is 11.8 Å². The van der Waals surface area contributed by atoms with Crippen LogP contribution in [0.1, 0.15) is 39.9 Å². The maximum atomic E-state index is 12.3. The van der Waals surface area contributed by atoms with Gasteiger partial charge in [0.1, 0.15) is 6.04 Å². The topological polar surface area (TPSA) is 116 Å². The van der Waals surface area contributed by atoms with Gasteiger partial charge in [0, 0.05) is 35.0 Å². The van der Waals surface area contributed by atoms with Gasteiger partial charge < -0.3 is 16.4 Å². The first-order valence-electron chi connectivity index (χ1n) is 9.60. The van der Waals surface area contributed by atoms with Gasteiger partial charge in [-0.3, -0.25) is 14.8 Å². The van der Waals surface area contributed by atoms with E-state index in [9.17, 15) is 9.59 Å². The summed E-state index contributed by atoms with van der Waals surface area (Å²) in [5, 5.41) is 14.6. The molecule has 7 nitrogen and oxygen atoms in total. The highest BCUT2D eigenvalue weighted by Crippen LogP contribution is 2.19. The zero-order valence-electron chi connectivity index (χ0n) is 16.4. The summed E-state index contributed by atoms with van der Waals surface area (Å²) in [6.07, 6.45) is 2.54. The predicted molar refractivity (Wildman–Crippen MR) is 113 cm³/mol. The number of nitrogens with two attached hydrogens (primary N) is 1. The molecule has 30 heavy (non-hydrogen) atoms. The van der Waals surface area contributed by atoms with Gasteiger partial charge in [0.25, 0.3) is 11.8 Å². The summed E-state index contributed by atoms with van der Waals surface area (Å²) in [6.45, 7) is 4.31. The van der Waals surface area contributed by atoms with Gasteiger partial charge in [-0.1, -0.05) is 30.6 Å². The number of hydroxylamine groups is 1. The van der Waals surface area contributed by atoms with E-state index in [2.05, 4.69) is 41.2 Å². The monoisotopic (exact) mass is 404 g/mol. The minimum atomic E-state index is -1.23. The molecule has 2 aromatic rings. The Morgan fingerprint density at radius 1 is 1.07 bits per heavy atom. The molecular weight excluding hydrogens is 380 g/mol. The fourth-order valence-corrected chi connectivity index (χ4v) is 2.71. The summed E-state index contributed by atoms with van der Waals surface area (Å²) in [4.78, 5) is 23.8. The molecule has 1 atom stereocenters. The Hall–Kier alpha value is -3.60. The van der Waals surface area contributed by atoms with Crippen molar-refractivity contribution in [3.63, 3.8) is 0 Å². The van der Waals surface area contributed by atoms with Gasteiger partial charge in [0.15, 0.2) is 0 Å². The van der Waals surface area contributed by atoms with E-state index in [-0.39, 0.29) is 5.70 Å². The zero-order valence-corrected chi connectivity index (χ0v) is 16.4. The van der Waals surface area contributed by atoms with Crippen molar-refractivity contribution >= 4 is 11.8 Å². The number of rotatable bonds is 7. The lowest BCUT2D eigenvalue weighted by atomic mass is 10.1. The van der Waals surface area contributed by atoms with Crippen molar-refractivity contribution in [1.29, 1.82) is 0 Å². The highest BCUT2D eigenvalue weighted by molar-refractivity contribution is 5.98. The van der Waals surface area contributed by atoms with Crippen molar-refractivity contribution in [2.24, 2.45) is 5.73 Å². The van der Waals surface area contributed by atoms with Crippen LogP contribution in [0.4, 0.5) is 0 Å². The molecule has 7 heteroatoms. The molecule has 154 valence electrons. The Bertz CT molecular complexity index is 984. The molecule has 0 heterocycles. The third-order valence-corrected chi connectivity index (χ3v) is 4.64. The number of carbonyl (C=O) groups is 2. The van der Waals surface area contributed by atoms with Gasteiger partial charge >= 0.3 is 0 Å². The molecule has 0 saturated heterocycles. The van der Waals surface area contributed by atoms with E-state index >= 15 is 0 Å². The second-order valence-corrected chi connectivity index (χ2v) is 7.14. The molecular formula is C23H24N4O3. The summed E-state index contributed by atoms with van der Waals surface area (Å²) in [5.74, 6) is 4.78. The first kappa shape index (κ1) is 21.1. The molecule has 1 aliphatic rings. The smallest absolute Gasteiger partial charge is 0.272 e. The minimum absolute atomic E-state index is 0.0910. The maximum Gasteiger partial charge on any atom is 0.272 e. The molecule has 0 bridgehead atoms. The Morgan fingerprint density at radius 3 is 2.13 bits per heavy atom. The molecule has 6 N–H and O–H groups in total. The molecule has 0 aromatic heterocycles. The molecule has 0 aliphatic heterocycles. The standard InChI is InChI=1S/C23H24N4O3/c1-15(24)21(23(29)27-30)26-22(28)19-10-8-17(9-11-19)3-2-16-4-6-18(7-5-16)14-25-20-12-13-20/h4-11,20-21,25,30H,1,12-14,24H2,(H,26,28)(H,27,29)/t21-/m0/s1. The van der Waals surface area contributed by atoms with E-state index < -0.39 is 17.9 Å². The van der Waals surface area contributed by atoms with Crippen LogP contribution in [-0.4, -0.2) is 29.1 Å². The zero-order chi connectivity index (χ0) is 21.5. The largest absolute Gasteiger partial charge is 0.400 e. The van der Waals surface area contributed by atoms with Gasteiger partial charge in [-0.05, 0) is 54.8 Å². The molecule has 1 saturated carbocycles.